The molecule has 0 aliphatic rings. The number of aryl methyl sites for hydroxylation is 2. The average molecular weight is 411 g/mol. The van der Waals surface area contributed by atoms with Crippen LogP contribution >= 0.6 is 22.9 Å². The van der Waals surface area contributed by atoms with Crippen molar-refractivity contribution >= 4 is 39.9 Å². The Kier molecular flexibility index (Phi) is 4.79. The van der Waals surface area contributed by atoms with E-state index in [0.717, 1.165) is 11.1 Å². The SMILES string of the molecule is Cc1ccc(-c2oc3cc(C)c(Cl)cc3c(=O)c2OC(=O)c2cccs2)cc1. The summed E-state index contributed by atoms with van der Waals surface area (Å²) in [5.74, 6) is -0.535. The van der Waals surface area contributed by atoms with E-state index in [-0.39, 0.29) is 16.9 Å². The molecule has 0 radical (unpaired) electrons. The highest BCUT2D eigenvalue weighted by molar-refractivity contribution is 7.12. The van der Waals surface area contributed by atoms with Crippen molar-refractivity contribution in [1.82, 2.24) is 0 Å². The smallest absolute Gasteiger partial charge is 0.353 e. The lowest BCUT2D eigenvalue weighted by atomic mass is 10.1. The summed E-state index contributed by atoms with van der Waals surface area (Å²) in [6.07, 6.45) is 0. The van der Waals surface area contributed by atoms with E-state index in [2.05, 4.69) is 0 Å². The van der Waals surface area contributed by atoms with Crippen LogP contribution in [-0.4, -0.2) is 5.97 Å². The van der Waals surface area contributed by atoms with Gasteiger partial charge in [-0.05, 0) is 43.0 Å². The second-order valence-electron chi connectivity index (χ2n) is 6.42. The highest BCUT2D eigenvalue weighted by Crippen LogP contribution is 2.33. The van der Waals surface area contributed by atoms with E-state index in [9.17, 15) is 9.59 Å². The minimum Gasteiger partial charge on any atom is -0.452 e. The fourth-order valence-corrected chi connectivity index (χ4v) is 3.59. The van der Waals surface area contributed by atoms with Gasteiger partial charge in [0.25, 0.3) is 0 Å². The molecule has 0 saturated carbocycles. The van der Waals surface area contributed by atoms with Crippen LogP contribution in [0.2, 0.25) is 5.02 Å². The van der Waals surface area contributed by atoms with Crippen LogP contribution < -0.4 is 10.2 Å². The third-order valence-corrected chi connectivity index (χ3v) is 5.62. The molecule has 6 heteroatoms. The maximum absolute atomic E-state index is 13.2. The van der Waals surface area contributed by atoms with E-state index >= 15 is 0 Å². The molecule has 0 bridgehead atoms. The van der Waals surface area contributed by atoms with Crippen LogP contribution in [0.25, 0.3) is 22.3 Å². The third-order valence-electron chi connectivity index (χ3n) is 4.36. The fraction of sp³-hybridized carbons (Fsp3) is 0.0909. The summed E-state index contributed by atoms with van der Waals surface area (Å²) < 4.78 is 11.5. The molecule has 0 fully saturated rings. The van der Waals surface area contributed by atoms with Crippen molar-refractivity contribution in [3.8, 4) is 17.1 Å². The van der Waals surface area contributed by atoms with Gasteiger partial charge in [0.1, 0.15) is 10.5 Å². The number of carbonyl (C=O) groups excluding carboxylic acids is 1. The largest absolute Gasteiger partial charge is 0.452 e. The number of esters is 1. The summed E-state index contributed by atoms with van der Waals surface area (Å²) in [6.45, 7) is 3.79. The molecular formula is C22H15ClO4S. The molecule has 2 heterocycles. The van der Waals surface area contributed by atoms with E-state index < -0.39 is 11.4 Å². The average Bonchev–Trinajstić information content (AvgIpc) is 3.21. The van der Waals surface area contributed by atoms with E-state index in [1.807, 2.05) is 38.1 Å². The first-order valence-corrected chi connectivity index (χ1v) is 9.79. The summed E-state index contributed by atoms with van der Waals surface area (Å²) in [7, 11) is 0. The van der Waals surface area contributed by atoms with Gasteiger partial charge >= 0.3 is 5.97 Å². The van der Waals surface area contributed by atoms with Crippen LogP contribution in [0.4, 0.5) is 0 Å². The molecule has 0 atom stereocenters. The molecular weight excluding hydrogens is 396 g/mol. The van der Waals surface area contributed by atoms with Crippen molar-refractivity contribution in [2.75, 3.05) is 0 Å². The van der Waals surface area contributed by atoms with Crippen LogP contribution in [-0.2, 0) is 0 Å². The quantitative estimate of drug-likeness (QED) is 0.388. The number of benzene rings is 2. The Morgan fingerprint density at radius 1 is 1.11 bits per heavy atom. The zero-order chi connectivity index (χ0) is 19.8. The molecule has 28 heavy (non-hydrogen) atoms. The van der Waals surface area contributed by atoms with E-state index in [1.165, 1.54) is 11.3 Å². The molecule has 4 nitrogen and oxygen atoms in total. The van der Waals surface area contributed by atoms with Crippen LogP contribution in [0.5, 0.6) is 5.75 Å². The molecule has 2 aromatic carbocycles. The second kappa shape index (κ2) is 7.26. The minimum atomic E-state index is -0.603. The van der Waals surface area contributed by atoms with Crippen molar-refractivity contribution in [3.05, 3.63) is 85.2 Å². The van der Waals surface area contributed by atoms with Gasteiger partial charge in [0.05, 0.1) is 5.39 Å². The summed E-state index contributed by atoms with van der Waals surface area (Å²) in [4.78, 5) is 26.1. The summed E-state index contributed by atoms with van der Waals surface area (Å²) in [5, 5.41) is 2.47. The first-order valence-electron chi connectivity index (χ1n) is 8.53. The highest BCUT2D eigenvalue weighted by atomic mass is 35.5. The number of hydrogen-bond donors (Lipinski definition) is 0. The summed E-state index contributed by atoms with van der Waals surface area (Å²) >= 11 is 7.43. The minimum absolute atomic E-state index is 0.144. The Labute approximate surface area is 170 Å². The fourth-order valence-electron chi connectivity index (χ4n) is 2.82. The maximum atomic E-state index is 13.2. The molecule has 4 rings (SSSR count). The molecule has 140 valence electrons. The van der Waals surface area contributed by atoms with Crippen LogP contribution in [0.3, 0.4) is 0 Å². The second-order valence-corrected chi connectivity index (χ2v) is 7.77. The molecule has 0 spiro atoms. The molecule has 0 unspecified atom stereocenters. The predicted molar refractivity (Wildman–Crippen MR) is 112 cm³/mol. The lowest BCUT2D eigenvalue weighted by Crippen LogP contribution is -2.15. The van der Waals surface area contributed by atoms with Crippen molar-refractivity contribution in [2.24, 2.45) is 0 Å². The normalized spacial score (nSPS) is 11.0. The van der Waals surface area contributed by atoms with Gasteiger partial charge in [-0.1, -0.05) is 47.5 Å². The lowest BCUT2D eigenvalue weighted by molar-refractivity contribution is 0.0736. The Balaban J connectivity index is 1.96. The molecule has 0 N–H and O–H groups in total. The Morgan fingerprint density at radius 3 is 2.54 bits per heavy atom. The van der Waals surface area contributed by atoms with Crippen molar-refractivity contribution in [2.45, 2.75) is 13.8 Å². The number of ether oxygens (including phenoxy) is 1. The van der Waals surface area contributed by atoms with Crippen molar-refractivity contribution < 1.29 is 13.9 Å². The van der Waals surface area contributed by atoms with Gasteiger partial charge < -0.3 is 9.15 Å². The number of fused-ring (bicyclic) bond motifs is 1. The van der Waals surface area contributed by atoms with Crippen molar-refractivity contribution in [3.63, 3.8) is 0 Å². The molecule has 0 aliphatic heterocycles. The van der Waals surface area contributed by atoms with Crippen LogP contribution in [0.15, 0.2) is 63.1 Å². The molecule has 0 saturated heterocycles. The Morgan fingerprint density at radius 2 is 1.86 bits per heavy atom. The predicted octanol–water partition coefficient (Wildman–Crippen LogP) is 6.01. The monoisotopic (exact) mass is 410 g/mol. The third kappa shape index (κ3) is 3.35. The highest BCUT2D eigenvalue weighted by Gasteiger charge is 2.22. The van der Waals surface area contributed by atoms with Crippen LogP contribution in [0, 0.1) is 13.8 Å². The molecule has 4 aromatic rings. The number of hydrogen-bond acceptors (Lipinski definition) is 5. The zero-order valence-corrected chi connectivity index (χ0v) is 16.7. The van der Waals surface area contributed by atoms with E-state index in [1.54, 1.807) is 29.6 Å². The van der Waals surface area contributed by atoms with Gasteiger partial charge in [-0.3, -0.25) is 4.79 Å². The van der Waals surface area contributed by atoms with E-state index in [0.29, 0.717) is 21.0 Å². The standard InChI is InChI=1S/C22H15ClO4S/c1-12-5-7-14(8-6-12)20-21(27-22(25)18-4-3-9-28-18)19(24)15-11-16(23)13(2)10-17(15)26-20/h3-11H,1-2H3. The molecule has 2 aromatic heterocycles. The number of thiophene rings is 1. The number of halogens is 1. The topological polar surface area (TPSA) is 56.5 Å². The maximum Gasteiger partial charge on any atom is 0.353 e. The van der Waals surface area contributed by atoms with Gasteiger partial charge in [0, 0.05) is 10.6 Å². The van der Waals surface area contributed by atoms with Gasteiger partial charge in [0.15, 0.2) is 5.76 Å². The van der Waals surface area contributed by atoms with Gasteiger partial charge in [-0.25, -0.2) is 4.79 Å². The summed E-state index contributed by atoms with van der Waals surface area (Å²) in [6, 6.07) is 14.1. The van der Waals surface area contributed by atoms with Gasteiger partial charge in [0.2, 0.25) is 11.2 Å². The Bertz CT molecular complexity index is 1240. The molecule has 0 aliphatic carbocycles. The first kappa shape index (κ1) is 18.5. The zero-order valence-electron chi connectivity index (χ0n) is 15.1. The van der Waals surface area contributed by atoms with Gasteiger partial charge in [-0.15, -0.1) is 11.3 Å². The van der Waals surface area contributed by atoms with Crippen LogP contribution in [0.1, 0.15) is 20.8 Å². The number of carbonyl (C=O) groups is 1. The molecule has 0 amide bonds. The van der Waals surface area contributed by atoms with Crippen molar-refractivity contribution in [1.29, 1.82) is 0 Å². The number of rotatable bonds is 3. The van der Waals surface area contributed by atoms with Gasteiger partial charge in [-0.2, -0.15) is 0 Å². The van der Waals surface area contributed by atoms with E-state index in [4.69, 9.17) is 20.8 Å². The lowest BCUT2D eigenvalue weighted by Gasteiger charge is -2.11. The Hall–Kier alpha value is -2.89. The first-order chi connectivity index (χ1) is 13.4. The summed E-state index contributed by atoms with van der Waals surface area (Å²) in [5.41, 5.74) is 2.44.